The highest BCUT2D eigenvalue weighted by molar-refractivity contribution is 7.91. The lowest BCUT2D eigenvalue weighted by molar-refractivity contribution is -0.114. The number of nitriles is 1. The van der Waals surface area contributed by atoms with Crippen molar-refractivity contribution in [1.29, 1.82) is 5.26 Å². The molecule has 1 unspecified atom stereocenters. The van der Waals surface area contributed by atoms with E-state index >= 15 is 0 Å². The van der Waals surface area contributed by atoms with E-state index in [-0.39, 0.29) is 34.5 Å². The Morgan fingerprint density at radius 2 is 2.00 bits per heavy atom. The Bertz CT molecular complexity index is 1570. The van der Waals surface area contributed by atoms with Crippen LogP contribution in [0.3, 0.4) is 0 Å². The zero-order valence-electron chi connectivity index (χ0n) is 24.0. The van der Waals surface area contributed by atoms with Crippen LogP contribution in [0.4, 0.5) is 22.9 Å². The van der Waals surface area contributed by atoms with Crippen molar-refractivity contribution in [1.82, 2.24) is 9.78 Å². The Morgan fingerprint density at radius 1 is 1.29 bits per heavy atom. The van der Waals surface area contributed by atoms with Crippen LogP contribution in [0, 0.1) is 11.3 Å². The maximum atomic E-state index is 12.2. The standard InChI is InChI=1S/C26H37N7O6S2/c1-6-32(12-7-8-13-41(37,38)39)19-9-10-22(23(15-19)28-18(2)34)29-30-25-21(16-27)24(26(3,4)5)31-33(25)20-11-14-40(35,36)17-20/h9-10,15,20H,6-8,11-14,17H2,1-5H3,(H,28,34)(H,37,38,39). The number of nitrogens with one attached hydrogen (secondary N) is 1. The number of sulfone groups is 1. The van der Waals surface area contributed by atoms with Crippen molar-refractivity contribution in [2.75, 3.05) is 40.6 Å². The summed E-state index contributed by atoms with van der Waals surface area (Å²) >= 11 is 0. The molecule has 0 saturated carbocycles. The summed E-state index contributed by atoms with van der Waals surface area (Å²) in [6, 6.07) is 6.88. The number of carbonyl (C=O) groups is 1. The number of azo groups is 1. The second-order valence-electron chi connectivity index (χ2n) is 11.1. The molecule has 13 nitrogen and oxygen atoms in total. The predicted octanol–water partition coefficient (Wildman–Crippen LogP) is 4.28. The van der Waals surface area contributed by atoms with Gasteiger partial charge in [-0.25, -0.2) is 13.1 Å². The van der Waals surface area contributed by atoms with Crippen molar-refractivity contribution in [3.05, 3.63) is 29.5 Å². The van der Waals surface area contributed by atoms with Crippen LogP contribution in [-0.2, 0) is 30.2 Å². The van der Waals surface area contributed by atoms with Crippen molar-refractivity contribution in [2.24, 2.45) is 10.2 Å². The van der Waals surface area contributed by atoms with Crippen LogP contribution in [0.1, 0.15) is 71.2 Å². The van der Waals surface area contributed by atoms with Crippen molar-refractivity contribution < 1.29 is 26.2 Å². The van der Waals surface area contributed by atoms with Gasteiger partial charge in [-0.05, 0) is 44.4 Å². The molecule has 2 N–H and O–H groups in total. The molecule has 1 aliphatic heterocycles. The van der Waals surface area contributed by atoms with Gasteiger partial charge in [0.1, 0.15) is 17.3 Å². The molecule has 0 bridgehead atoms. The predicted molar refractivity (Wildman–Crippen MR) is 156 cm³/mol. The number of nitrogens with zero attached hydrogens (tertiary/aromatic N) is 6. The van der Waals surface area contributed by atoms with Gasteiger partial charge in [0.15, 0.2) is 15.7 Å². The van der Waals surface area contributed by atoms with Crippen LogP contribution in [0.2, 0.25) is 0 Å². The zero-order chi connectivity index (χ0) is 30.6. The number of aromatic nitrogens is 2. The molecule has 2 aromatic rings. The van der Waals surface area contributed by atoms with E-state index in [2.05, 4.69) is 26.7 Å². The third-order valence-electron chi connectivity index (χ3n) is 6.63. The van der Waals surface area contributed by atoms with E-state index < -0.39 is 31.4 Å². The highest BCUT2D eigenvalue weighted by atomic mass is 32.2. The Morgan fingerprint density at radius 3 is 2.54 bits per heavy atom. The smallest absolute Gasteiger partial charge is 0.264 e. The van der Waals surface area contributed by atoms with Crippen molar-refractivity contribution in [2.45, 2.75) is 65.3 Å². The van der Waals surface area contributed by atoms with E-state index in [1.807, 2.05) is 32.6 Å². The topological polar surface area (TPSA) is 187 Å². The summed E-state index contributed by atoms with van der Waals surface area (Å²) in [7, 11) is -7.26. The fourth-order valence-corrected chi connectivity index (χ4v) is 6.89. The van der Waals surface area contributed by atoms with Gasteiger partial charge in [-0.1, -0.05) is 20.8 Å². The molecule has 1 fully saturated rings. The molecule has 224 valence electrons. The average molecular weight is 608 g/mol. The Hall–Kier alpha value is -3.35. The monoisotopic (exact) mass is 607 g/mol. The Balaban J connectivity index is 2.00. The van der Waals surface area contributed by atoms with E-state index in [0.717, 1.165) is 5.69 Å². The lowest BCUT2D eigenvalue weighted by Gasteiger charge is -2.24. The van der Waals surface area contributed by atoms with Gasteiger partial charge in [-0.3, -0.25) is 9.35 Å². The van der Waals surface area contributed by atoms with Gasteiger partial charge in [-0.15, -0.1) is 10.2 Å². The zero-order valence-corrected chi connectivity index (χ0v) is 25.6. The average Bonchev–Trinajstić information content (AvgIpc) is 3.41. The molecule has 1 atom stereocenters. The molecule has 3 rings (SSSR count). The highest BCUT2D eigenvalue weighted by Crippen LogP contribution is 2.38. The number of hydrogen-bond acceptors (Lipinski definition) is 10. The first-order chi connectivity index (χ1) is 19.0. The Labute approximate surface area is 241 Å². The van der Waals surface area contributed by atoms with Crippen molar-refractivity contribution >= 4 is 48.7 Å². The summed E-state index contributed by atoms with van der Waals surface area (Å²) in [5, 5.41) is 26.2. The second kappa shape index (κ2) is 12.7. The minimum absolute atomic E-state index is 0.0265. The van der Waals surface area contributed by atoms with E-state index in [1.165, 1.54) is 11.6 Å². The minimum atomic E-state index is -4.02. The molecule has 0 aliphatic carbocycles. The fourth-order valence-electron chi connectivity index (χ4n) is 4.63. The summed E-state index contributed by atoms with van der Waals surface area (Å²) in [5.41, 5.74) is 1.65. The molecule has 1 aliphatic rings. The number of rotatable bonds is 11. The number of anilines is 2. The molecule has 2 heterocycles. The van der Waals surface area contributed by atoms with Gasteiger partial charge >= 0.3 is 0 Å². The quantitative estimate of drug-likeness (QED) is 0.213. The van der Waals surface area contributed by atoms with Crippen molar-refractivity contribution in [3.8, 4) is 6.07 Å². The first-order valence-corrected chi connectivity index (χ1v) is 16.7. The normalized spacial score (nSPS) is 17.0. The molecule has 0 radical (unpaired) electrons. The summed E-state index contributed by atoms with van der Waals surface area (Å²) in [6.07, 6.45) is 1.18. The summed E-state index contributed by atoms with van der Waals surface area (Å²) in [4.78, 5) is 14.0. The van der Waals surface area contributed by atoms with Crippen LogP contribution in [0.15, 0.2) is 28.4 Å². The molecule has 1 aromatic carbocycles. The molecular weight excluding hydrogens is 570 g/mol. The van der Waals surface area contributed by atoms with E-state index in [9.17, 15) is 26.9 Å². The molecule has 1 saturated heterocycles. The third-order valence-corrected chi connectivity index (χ3v) is 9.19. The molecule has 1 amide bonds. The number of unbranched alkanes of at least 4 members (excludes halogenated alkanes) is 1. The van der Waals surface area contributed by atoms with Gasteiger partial charge in [0.05, 0.1) is 34.7 Å². The Kier molecular flexibility index (Phi) is 9.94. The first-order valence-electron chi connectivity index (χ1n) is 13.3. The minimum Gasteiger partial charge on any atom is -0.372 e. The van der Waals surface area contributed by atoms with Crippen LogP contribution < -0.4 is 10.2 Å². The molecule has 15 heteroatoms. The lowest BCUT2D eigenvalue weighted by Crippen LogP contribution is -2.24. The summed E-state index contributed by atoms with van der Waals surface area (Å²) in [6.45, 7) is 10.1. The first kappa shape index (κ1) is 32.2. The number of carbonyl (C=O) groups excluding carboxylic acids is 1. The van der Waals surface area contributed by atoms with Gasteiger partial charge in [0.25, 0.3) is 10.1 Å². The molecule has 41 heavy (non-hydrogen) atoms. The van der Waals surface area contributed by atoms with Gasteiger partial charge < -0.3 is 10.2 Å². The van der Waals surface area contributed by atoms with Crippen LogP contribution in [0.5, 0.6) is 0 Å². The maximum absolute atomic E-state index is 12.2. The third kappa shape index (κ3) is 8.57. The maximum Gasteiger partial charge on any atom is 0.264 e. The largest absolute Gasteiger partial charge is 0.372 e. The highest BCUT2D eigenvalue weighted by Gasteiger charge is 2.35. The van der Waals surface area contributed by atoms with Crippen molar-refractivity contribution in [3.63, 3.8) is 0 Å². The lowest BCUT2D eigenvalue weighted by atomic mass is 9.90. The van der Waals surface area contributed by atoms with Crippen LogP contribution >= 0.6 is 0 Å². The van der Waals surface area contributed by atoms with E-state index in [1.54, 1.807) is 18.2 Å². The van der Waals surface area contributed by atoms with E-state index in [4.69, 9.17) is 4.55 Å². The molecule has 0 spiro atoms. The number of benzene rings is 1. The van der Waals surface area contributed by atoms with Gasteiger partial charge in [0.2, 0.25) is 5.91 Å². The summed E-state index contributed by atoms with van der Waals surface area (Å²) < 4.78 is 56.9. The van der Waals surface area contributed by atoms with E-state index in [0.29, 0.717) is 49.4 Å². The van der Waals surface area contributed by atoms with Gasteiger partial charge in [-0.2, -0.15) is 18.8 Å². The summed E-state index contributed by atoms with van der Waals surface area (Å²) in [5.74, 6) is -0.561. The SMILES string of the molecule is CCN(CCCCS(=O)(=O)O)c1ccc(N=Nc2c(C#N)c(C(C)(C)C)nn2C2CCS(=O)(=O)C2)c(NC(C)=O)c1. The molecular formula is C26H37N7O6S2. The van der Waals surface area contributed by atoms with Crippen LogP contribution in [-0.4, -0.2) is 67.4 Å². The number of amides is 1. The fraction of sp³-hybridized carbons (Fsp3) is 0.577. The second-order valence-corrected chi connectivity index (χ2v) is 14.9. The number of hydrogen-bond donors (Lipinski definition) is 2. The molecule has 1 aromatic heterocycles. The van der Waals surface area contributed by atoms with Crippen LogP contribution in [0.25, 0.3) is 0 Å². The van der Waals surface area contributed by atoms with Gasteiger partial charge in [0, 0.05) is 31.1 Å².